The topological polar surface area (TPSA) is 55.8 Å². The average Bonchev–Trinajstić information content (AvgIpc) is 3.19. The lowest BCUT2D eigenvalue weighted by Gasteiger charge is -2.15. The summed E-state index contributed by atoms with van der Waals surface area (Å²) in [6.45, 7) is 5.18. The number of aliphatic hydroxyl groups excluding tert-OH is 1. The highest BCUT2D eigenvalue weighted by Gasteiger charge is 2.13. The monoisotopic (exact) mass is 765 g/mol. The Morgan fingerprint density at radius 2 is 0.818 bits per heavy atom. The number of esters is 1. The summed E-state index contributed by atoms with van der Waals surface area (Å²) >= 11 is 0. The largest absolute Gasteiger partial charge is 0.457 e. The number of rotatable bonds is 42. The van der Waals surface area contributed by atoms with Gasteiger partial charge in [0.1, 0.15) is 6.10 Å². The number of ether oxygens (including phenoxy) is 2. The molecule has 0 aliphatic carbocycles. The van der Waals surface area contributed by atoms with Crippen molar-refractivity contribution in [3.8, 4) is 0 Å². The third-order valence-corrected chi connectivity index (χ3v) is 9.70. The summed E-state index contributed by atoms with van der Waals surface area (Å²) in [6, 6.07) is 0. The van der Waals surface area contributed by atoms with E-state index in [1.807, 2.05) is 0 Å². The predicted molar refractivity (Wildman–Crippen MR) is 242 cm³/mol. The van der Waals surface area contributed by atoms with Gasteiger partial charge in [0.05, 0.1) is 13.2 Å². The van der Waals surface area contributed by atoms with Gasteiger partial charge in [-0.2, -0.15) is 0 Å². The van der Waals surface area contributed by atoms with Crippen molar-refractivity contribution >= 4 is 5.97 Å². The first kappa shape index (κ1) is 52.6. The molecule has 0 bridgehead atoms. The number of carbonyl (C=O) groups is 1. The first-order valence-corrected chi connectivity index (χ1v) is 23.2. The molecule has 1 atom stereocenters. The molecule has 0 saturated carbocycles. The molecule has 0 aliphatic rings. The van der Waals surface area contributed by atoms with Crippen molar-refractivity contribution in [2.75, 3.05) is 19.8 Å². The van der Waals surface area contributed by atoms with E-state index >= 15 is 0 Å². The molecule has 0 spiro atoms. The maximum atomic E-state index is 12.2. The Bertz CT molecular complexity index is 985. The van der Waals surface area contributed by atoms with Crippen molar-refractivity contribution in [2.45, 2.75) is 213 Å². The van der Waals surface area contributed by atoms with Crippen molar-refractivity contribution in [3.63, 3.8) is 0 Å². The molecule has 1 unspecified atom stereocenters. The average molecular weight is 765 g/mol. The van der Waals surface area contributed by atoms with Gasteiger partial charge >= 0.3 is 5.97 Å². The SMILES string of the molecule is CC/C=C\C/C=C\C/C=C\C/C=C\CCCCCCCOCC(CO)OC(=O)CCCCCCCCCCCC/C=C\C/C=C\C/C=C\CCCCCCC. The maximum Gasteiger partial charge on any atom is 0.306 e. The molecule has 55 heavy (non-hydrogen) atoms. The summed E-state index contributed by atoms with van der Waals surface area (Å²) in [5.41, 5.74) is 0. The normalized spacial score (nSPS) is 13.1. The Balaban J connectivity index is 3.49. The number of hydrogen-bond acceptors (Lipinski definition) is 4. The minimum Gasteiger partial charge on any atom is -0.457 e. The zero-order valence-corrected chi connectivity index (χ0v) is 36.2. The van der Waals surface area contributed by atoms with Crippen LogP contribution in [0.3, 0.4) is 0 Å². The van der Waals surface area contributed by atoms with Crippen LogP contribution in [0.5, 0.6) is 0 Å². The molecule has 0 aromatic carbocycles. The van der Waals surface area contributed by atoms with Gasteiger partial charge in [-0.05, 0) is 89.9 Å². The van der Waals surface area contributed by atoms with Crippen LogP contribution in [-0.4, -0.2) is 37.0 Å². The van der Waals surface area contributed by atoms with Gasteiger partial charge in [0.15, 0.2) is 0 Å². The summed E-state index contributed by atoms with van der Waals surface area (Å²) in [4.78, 5) is 12.2. The first-order chi connectivity index (χ1) is 27.2. The molecule has 0 aromatic heterocycles. The van der Waals surface area contributed by atoms with Crippen molar-refractivity contribution < 1.29 is 19.4 Å². The number of aliphatic hydroxyl groups is 1. The van der Waals surface area contributed by atoms with E-state index in [0.717, 1.165) is 70.6 Å². The molecule has 0 radical (unpaired) electrons. The number of hydrogen-bond donors (Lipinski definition) is 1. The highest BCUT2D eigenvalue weighted by Crippen LogP contribution is 2.13. The molecule has 0 aliphatic heterocycles. The summed E-state index contributed by atoms with van der Waals surface area (Å²) < 4.78 is 11.2. The smallest absolute Gasteiger partial charge is 0.306 e. The van der Waals surface area contributed by atoms with Crippen LogP contribution >= 0.6 is 0 Å². The van der Waals surface area contributed by atoms with E-state index in [4.69, 9.17) is 9.47 Å². The van der Waals surface area contributed by atoms with Gasteiger partial charge in [-0.1, -0.05) is 195 Å². The summed E-state index contributed by atoms with van der Waals surface area (Å²) in [5, 5.41) is 9.62. The molecule has 316 valence electrons. The van der Waals surface area contributed by atoms with E-state index in [1.165, 1.54) is 116 Å². The fraction of sp³-hybridized carbons (Fsp3) is 0.706. The van der Waals surface area contributed by atoms with Crippen molar-refractivity contribution in [1.29, 1.82) is 0 Å². The molecular formula is C51H88O4. The van der Waals surface area contributed by atoms with E-state index in [2.05, 4.69) is 98.9 Å². The molecule has 0 rings (SSSR count). The van der Waals surface area contributed by atoms with Crippen LogP contribution in [0.1, 0.15) is 206 Å². The first-order valence-electron chi connectivity index (χ1n) is 23.2. The Labute approximate surface area is 341 Å². The second-order valence-electron chi connectivity index (χ2n) is 15.1. The zero-order chi connectivity index (χ0) is 39.8. The van der Waals surface area contributed by atoms with Crippen LogP contribution in [0.2, 0.25) is 0 Å². The van der Waals surface area contributed by atoms with Crippen LogP contribution < -0.4 is 0 Å². The zero-order valence-electron chi connectivity index (χ0n) is 36.2. The van der Waals surface area contributed by atoms with E-state index in [0.29, 0.717) is 13.0 Å². The van der Waals surface area contributed by atoms with Gasteiger partial charge in [0.25, 0.3) is 0 Å². The summed E-state index contributed by atoms with van der Waals surface area (Å²) in [5.74, 6) is -0.214. The Morgan fingerprint density at radius 3 is 1.24 bits per heavy atom. The Hall–Kier alpha value is -2.43. The molecule has 0 saturated heterocycles. The van der Waals surface area contributed by atoms with Gasteiger partial charge in [-0.15, -0.1) is 0 Å². The molecule has 0 heterocycles. The lowest BCUT2D eigenvalue weighted by atomic mass is 10.0. The highest BCUT2D eigenvalue weighted by molar-refractivity contribution is 5.69. The Kier molecular flexibility index (Phi) is 45.6. The van der Waals surface area contributed by atoms with Crippen LogP contribution in [0.15, 0.2) is 85.1 Å². The molecule has 4 heteroatoms. The predicted octanol–water partition coefficient (Wildman–Crippen LogP) is 15.5. The minimum absolute atomic E-state index is 0.186. The number of allylic oxidation sites excluding steroid dienone is 14. The van der Waals surface area contributed by atoms with Crippen molar-refractivity contribution in [3.05, 3.63) is 85.1 Å². The Morgan fingerprint density at radius 1 is 0.455 bits per heavy atom. The molecular weight excluding hydrogens is 677 g/mol. The van der Waals surface area contributed by atoms with E-state index in [1.54, 1.807) is 0 Å². The standard InChI is InChI=1S/C51H88O4/c1-3-5-7-9-11-13-15-17-19-21-23-24-25-26-27-28-29-30-32-34-36-38-40-42-44-46-51(53)55-50(48-52)49-54-47-45-43-41-39-37-35-33-31-22-20-18-16-14-12-10-8-6-4-2/h6,8,12,14-15,17-18,20-21,23,25-26,31,33,50,52H,3-5,7,9-11,13,16,19,22,24,27-30,32,34-49H2,1-2H3/b8-6-,14-12-,17-15-,20-18-,23-21-,26-25-,33-31-. The van der Waals surface area contributed by atoms with Gasteiger partial charge < -0.3 is 14.6 Å². The number of carbonyl (C=O) groups excluding carboxylic acids is 1. The van der Waals surface area contributed by atoms with Crippen LogP contribution in [0, 0.1) is 0 Å². The lowest BCUT2D eigenvalue weighted by Crippen LogP contribution is -2.27. The maximum absolute atomic E-state index is 12.2. The highest BCUT2D eigenvalue weighted by atomic mass is 16.6. The fourth-order valence-electron chi connectivity index (χ4n) is 6.27. The molecule has 0 aromatic rings. The van der Waals surface area contributed by atoms with Gasteiger partial charge in [-0.25, -0.2) is 0 Å². The van der Waals surface area contributed by atoms with Gasteiger partial charge in [0.2, 0.25) is 0 Å². The second-order valence-corrected chi connectivity index (χ2v) is 15.1. The third kappa shape index (κ3) is 45.9. The van der Waals surface area contributed by atoms with Gasteiger partial charge in [-0.3, -0.25) is 4.79 Å². The van der Waals surface area contributed by atoms with Crippen molar-refractivity contribution in [2.24, 2.45) is 0 Å². The molecule has 0 amide bonds. The lowest BCUT2D eigenvalue weighted by molar-refractivity contribution is -0.154. The summed E-state index contributed by atoms with van der Waals surface area (Å²) in [6.07, 6.45) is 66.5. The van der Waals surface area contributed by atoms with Crippen LogP contribution in [-0.2, 0) is 14.3 Å². The molecule has 1 N–H and O–H groups in total. The fourth-order valence-corrected chi connectivity index (χ4v) is 6.27. The van der Waals surface area contributed by atoms with Gasteiger partial charge in [0, 0.05) is 13.0 Å². The quantitative estimate of drug-likeness (QED) is 0.0382. The van der Waals surface area contributed by atoms with E-state index in [9.17, 15) is 9.90 Å². The third-order valence-electron chi connectivity index (χ3n) is 9.70. The minimum atomic E-state index is -0.552. The van der Waals surface area contributed by atoms with Crippen LogP contribution in [0.4, 0.5) is 0 Å². The van der Waals surface area contributed by atoms with E-state index < -0.39 is 6.10 Å². The molecule has 0 fully saturated rings. The van der Waals surface area contributed by atoms with E-state index in [-0.39, 0.29) is 19.2 Å². The van der Waals surface area contributed by atoms with Crippen molar-refractivity contribution in [1.82, 2.24) is 0 Å². The second kappa shape index (κ2) is 47.7. The summed E-state index contributed by atoms with van der Waals surface area (Å²) in [7, 11) is 0. The number of unbranched alkanes of at least 4 members (excludes halogenated alkanes) is 20. The van der Waals surface area contributed by atoms with Crippen LogP contribution in [0.25, 0.3) is 0 Å². The molecule has 4 nitrogen and oxygen atoms in total.